The van der Waals surface area contributed by atoms with Gasteiger partial charge >= 0.3 is 0 Å². The predicted octanol–water partition coefficient (Wildman–Crippen LogP) is 5.77. The SMILES string of the molecule is Cc1noc(C)c1-c1cnc2c(c1)c(C(c1ccccn1)c1ccccn1)cn2C(C)F. The lowest BCUT2D eigenvalue weighted by Gasteiger charge is -2.16. The Balaban J connectivity index is 1.80. The lowest BCUT2D eigenvalue weighted by molar-refractivity contribution is 0.274. The number of hydrogen-bond donors (Lipinski definition) is 0. The third-order valence-electron chi connectivity index (χ3n) is 5.68. The summed E-state index contributed by atoms with van der Waals surface area (Å²) in [5, 5.41) is 4.91. The maximum Gasteiger partial charge on any atom is 0.174 e. The number of aromatic nitrogens is 5. The quantitative estimate of drug-likeness (QED) is 0.356. The van der Waals surface area contributed by atoms with Gasteiger partial charge < -0.3 is 9.09 Å². The van der Waals surface area contributed by atoms with Crippen LogP contribution in [-0.4, -0.2) is 24.7 Å². The molecular formula is C25H22FN5O. The average Bonchev–Trinajstić information content (AvgIpc) is 3.35. The van der Waals surface area contributed by atoms with Gasteiger partial charge in [0.05, 0.1) is 23.0 Å². The van der Waals surface area contributed by atoms with E-state index in [4.69, 9.17) is 4.52 Å². The summed E-state index contributed by atoms with van der Waals surface area (Å²) < 4.78 is 21.5. The van der Waals surface area contributed by atoms with E-state index < -0.39 is 6.30 Å². The Kier molecular flexibility index (Phi) is 5.01. The summed E-state index contributed by atoms with van der Waals surface area (Å²) in [4.78, 5) is 13.9. The number of halogens is 1. The standard InChI is InChI=1S/C25H22FN5O/c1-15-23(16(2)32-30-15)18-12-19-20(14-31(17(3)26)25(19)29-13-18)24(21-8-4-6-10-27-21)22-9-5-7-11-28-22/h4-14,17,24H,1-3H3. The zero-order valence-electron chi connectivity index (χ0n) is 18.0. The third-order valence-corrected chi connectivity index (χ3v) is 5.68. The molecule has 0 saturated carbocycles. The normalized spacial score (nSPS) is 12.5. The van der Waals surface area contributed by atoms with Gasteiger partial charge in [0.2, 0.25) is 0 Å². The van der Waals surface area contributed by atoms with Crippen molar-refractivity contribution in [1.82, 2.24) is 24.7 Å². The van der Waals surface area contributed by atoms with Gasteiger partial charge in [-0.1, -0.05) is 17.3 Å². The maximum absolute atomic E-state index is 14.6. The molecule has 5 heterocycles. The van der Waals surface area contributed by atoms with E-state index in [2.05, 4.69) is 20.1 Å². The molecule has 5 rings (SSSR count). The van der Waals surface area contributed by atoms with Crippen molar-refractivity contribution in [2.45, 2.75) is 33.0 Å². The van der Waals surface area contributed by atoms with Gasteiger partial charge in [-0.15, -0.1) is 0 Å². The minimum absolute atomic E-state index is 0.276. The zero-order valence-corrected chi connectivity index (χ0v) is 18.0. The van der Waals surface area contributed by atoms with Crippen molar-refractivity contribution < 1.29 is 8.91 Å². The van der Waals surface area contributed by atoms with Crippen LogP contribution in [0.2, 0.25) is 0 Å². The Bertz CT molecular complexity index is 1320. The Morgan fingerprint density at radius 1 is 0.969 bits per heavy atom. The molecule has 7 heteroatoms. The molecule has 5 aromatic heterocycles. The van der Waals surface area contributed by atoms with Gasteiger partial charge in [-0.25, -0.2) is 9.37 Å². The summed E-state index contributed by atoms with van der Waals surface area (Å²) >= 11 is 0. The lowest BCUT2D eigenvalue weighted by Crippen LogP contribution is -2.07. The predicted molar refractivity (Wildman–Crippen MR) is 120 cm³/mol. The number of aryl methyl sites for hydroxylation is 2. The molecule has 0 aromatic carbocycles. The van der Waals surface area contributed by atoms with Crippen LogP contribution < -0.4 is 0 Å². The molecule has 0 spiro atoms. The number of fused-ring (bicyclic) bond motifs is 1. The molecule has 0 saturated heterocycles. The van der Waals surface area contributed by atoms with Gasteiger partial charge in [0.25, 0.3) is 0 Å². The third kappa shape index (κ3) is 3.36. The molecule has 0 N–H and O–H groups in total. The van der Waals surface area contributed by atoms with Gasteiger partial charge in [0.1, 0.15) is 11.4 Å². The highest BCUT2D eigenvalue weighted by molar-refractivity contribution is 5.87. The van der Waals surface area contributed by atoms with Gasteiger partial charge in [0.15, 0.2) is 6.30 Å². The van der Waals surface area contributed by atoms with E-state index >= 15 is 0 Å². The first-order chi connectivity index (χ1) is 15.5. The number of hydrogen-bond acceptors (Lipinski definition) is 5. The van der Waals surface area contributed by atoms with E-state index in [0.29, 0.717) is 5.65 Å². The molecule has 1 unspecified atom stereocenters. The molecule has 0 bridgehead atoms. The molecule has 0 aliphatic carbocycles. The van der Waals surface area contributed by atoms with E-state index in [1.165, 1.54) is 6.92 Å². The molecule has 6 nitrogen and oxygen atoms in total. The van der Waals surface area contributed by atoms with Crippen LogP contribution in [-0.2, 0) is 0 Å². The molecule has 0 fully saturated rings. The zero-order chi connectivity index (χ0) is 22.2. The minimum atomic E-state index is -1.24. The highest BCUT2D eigenvalue weighted by Gasteiger charge is 2.26. The molecule has 0 amide bonds. The first-order valence-electron chi connectivity index (χ1n) is 10.4. The molecule has 32 heavy (non-hydrogen) atoms. The van der Waals surface area contributed by atoms with Crippen molar-refractivity contribution in [2.24, 2.45) is 0 Å². The first kappa shape index (κ1) is 20.1. The summed E-state index contributed by atoms with van der Waals surface area (Å²) in [5.74, 6) is 0.441. The van der Waals surface area contributed by atoms with E-state index in [1.54, 1.807) is 23.2 Å². The average molecular weight is 427 g/mol. The highest BCUT2D eigenvalue weighted by atomic mass is 19.1. The second kappa shape index (κ2) is 8.00. The van der Waals surface area contributed by atoms with Gasteiger partial charge in [-0.2, -0.15) is 0 Å². The van der Waals surface area contributed by atoms with Crippen molar-refractivity contribution in [3.63, 3.8) is 0 Å². The van der Waals surface area contributed by atoms with Crippen LogP contribution >= 0.6 is 0 Å². The van der Waals surface area contributed by atoms with Crippen LogP contribution in [0.5, 0.6) is 0 Å². The highest BCUT2D eigenvalue weighted by Crippen LogP contribution is 2.38. The Morgan fingerprint density at radius 2 is 1.66 bits per heavy atom. The summed E-state index contributed by atoms with van der Waals surface area (Å²) in [6.07, 6.45) is 5.85. The fraction of sp³-hybridized carbons (Fsp3) is 0.200. The van der Waals surface area contributed by atoms with Crippen LogP contribution in [0, 0.1) is 13.8 Å². The van der Waals surface area contributed by atoms with Crippen LogP contribution in [0.1, 0.15) is 47.5 Å². The van der Waals surface area contributed by atoms with E-state index in [9.17, 15) is 4.39 Å². The van der Waals surface area contributed by atoms with E-state index in [1.807, 2.05) is 62.5 Å². The maximum atomic E-state index is 14.6. The van der Waals surface area contributed by atoms with Crippen molar-refractivity contribution in [3.8, 4) is 11.1 Å². The van der Waals surface area contributed by atoms with Crippen molar-refractivity contribution >= 4 is 11.0 Å². The Labute approximate surface area is 184 Å². The van der Waals surface area contributed by atoms with Crippen molar-refractivity contribution in [1.29, 1.82) is 0 Å². The molecule has 160 valence electrons. The topological polar surface area (TPSA) is 69.6 Å². The van der Waals surface area contributed by atoms with E-state index in [0.717, 1.165) is 44.9 Å². The van der Waals surface area contributed by atoms with Crippen LogP contribution in [0.25, 0.3) is 22.2 Å². The van der Waals surface area contributed by atoms with Crippen molar-refractivity contribution in [3.05, 3.63) is 95.7 Å². The van der Waals surface area contributed by atoms with Crippen LogP contribution in [0.4, 0.5) is 4.39 Å². The van der Waals surface area contributed by atoms with E-state index in [-0.39, 0.29) is 5.92 Å². The number of rotatable bonds is 5. The van der Waals surface area contributed by atoms with Gasteiger partial charge in [-0.3, -0.25) is 9.97 Å². The van der Waals surface area contributed by atoms with Crippen LogP contribution in [0.3, 0.4) is 0 Å². The summed E-state index contributed by atoms with van der Waals surface area (Å²) in [6, 6.07) is 13.6. The fourth-order valence-corrected chi connectivity index (χ4v) is 4.25. The lowest BCUT2D eigenvalue weighted by atomic mass is 9.91. The number of nitrogens with zero attached hydrogens (tertiary/aromatic N) is 5. The molecule has 1 atom stereocenters. The fourth-order valence-electron chi connectivity index (χ4n) is 4.25. The molecule has 0 radical (unpaired) electrons. The van der Waals surface area contributed by atoms with Gasteiger partial charge in [0, 0.05) is 41.3 Å². The number of pyridine rings is 3. The first-order valence-corrected chi connectivity index (χ1v) is 10.4. The largest absolute Gasteiger partial charge is 0.361 e. The molecule has 5 aromatic rings. The van der Waals surface area contributed by atoms with Gasteiger partial charge in [-0.05, 0) is 56.7 Å². The molecule has 0 aliphatic heterocycles. The molecule has 0 aliphatic rings. The van der Waals surface area contributed by atoms with Crippen LogP contribution in [0.15, 0.2) is 71.8 Å². The summed E-state index contributed by atoms with van der Waals surface area (Å²) in [7, 11) is 0. The molecular weight excluding hydrogens is 405 g/mol. The summed E-state index contributed by atoms with van der Waals surface area (Å²) in [6.45, 7) is 5.28. The second-order valence-corrected chi connectivity index (χ2v) is 7.80. The summed E-state index contributed by atoms with van der Waals surface area (Å²) in [5.41, 5.74) is 5.69. The smallest absolute Gasteiger partial charge is 0.174 e. The second-order valence-electron chi connectivity index (χ2n) is 7.80. The monoisotopic (exact) mass is 427 g/mol. The minimum Gasteiger partial charge on any atom is -0.361 e. The van der Waals surface area contributed by atoms with Crippen molar-refractivity contribution in [2.75, 3.05) is 0 Å². The number of alkyl halides is 1. The Morgan fingerprint density at radius 3 is 2.19 bits per heavy atom. The Hall–Kier alpha value is -3.87.